The predicted octanol–water partition coefficient (Wildman–Crippen LogP) is 1.09. The second-order valence-corrected chi connectivity index (χ2v) is 3.70. The molecular formula is C12H16FNO3. The van der Waals surface area contributed by atoms with Crippen molar-refractivity contribution in [1.82, 2.24) is 5.32 Å². The number of nitrogens with one attached hydrogen (secondary N) is 1. The normalized spacial score (nSPS) is 11.9. The predicted molar refractivity (Wildman–Crippen MR) is 61.2 cm³/mol. The first-order valence-electron chi connectivity index (χ1n) is 5.40. The van der Waals surface area contributed by atoms with E-state index in [9.17, 15) is 9.18 Å². The van der Waals surface area contributed by atoms with Gasteiger partial charge < -0.3 is 15.2 Å². The van der Waals surface area contributed by atoms with Crippen molar-refractivity contribution < 1.29 is 19.0 Å². The number of ether oxygens (including phenoxy) is 1. The molecule has 17 heavy (non-hydrogen) atoms. The highest BCUT2D eigenvalue weighted by Gasteiger charge is 2.06. The molecule has 0 radical (unpaired) electrons. The van der Waals surface area contributed by atoms with Crippen LogP contribution in [0.25, 0.3) is 0 Å². The minimum Gasteiger partial charge on any atom is -0.493 e. The summed E-state index contributed by atoms with van der Waals surface area (Å²) in [6.07, 6.45) is 0.196. The summed E-state index contributed by atoms with van der Waals surface area (Å²) in [7, 11) is 0. The topological polar surface area (TPSA) is 58.6 Å². The number of carbonyl (C=O) groups excluding carboxylic acids is 1. The van der Waals surface area contributed by atoms with Crippen LogP contribution in [-0.2, 0) is 4.79 Å². The zero-order valence-electron chi connectivity index (χ0n) is 9.65. The summed E-state index contributed by atoms with van der Waals surface area (Å²) in [6.45, 7) is 1.83. The van der Waals surface area contributed by atoms with Crippen LogP contribution in [-0.4, -0.2) is 30.3 Å². The first-order chi connectivity index (χ1) is 8.11. The number of halogens is 1. The van der Waals surface area contributed by atoms with Crippen LogP contribution in [0.4, 0.5) is 4.39 Å². The molecule has 0 heterocycles. The molecule has 0 saturated carbocycles. The van der Waals surface area contributed by atoms with E-state index in [2.05, 4.69) is 5.32 Å². The van der Waals surface area contributed by atoms with Gasteiger partial charge in [-0.2, -0.15) is 0 Å². The Kier molecular flexibility index (Phi) is 5.42. The van der Waals surface area contributed by atoms with Gasteiger partial charge in [-0.15, -0.1) is 0 Å². The molecule has 1 atom stereocenters. The molecule has 0 fully saturated rings. The SMILES string of the molecule is CC(CO)NC(=O)CCOc1ccc(F)cc1. The van der Waals surface area contributed by atoms with Gasteiger partial charge >= 0.3 is 0 Å². The summed E-state index contributed by atoms with van der Waals surface area (Å²) in [5.74, 6) is 0.00920. The highest BCUT2D eigenvalue weighted by molar-refractivity contribution is 5.76. The Balaban J connectivity index is 2.23. The van der Waals surface area contributed by atoms with Gasteiger partial charge in [-0.05, 0) is 31.2 Å². The van der Waals surface area contributed by atoms with E-state index in [4.69, 9.17) is 9.84 Å². The summed E-state index contributed by atoms with van der Waals surface area (Å²) in [5.41, 5.74) is 0. The van der Waals surface area contributed by atoms with Gasteiger partial charge in [0.25, 0.3) is 0 Å². The lowest BCUT2D eigenvalue weighted by atomic mass is 10.3. The van der Waals surface area contributed by atoms with Gasteiger partial charge in [0.1, 0.15) is 11.6 Å². The van der Waals surface area contributed by atoms with Crippen molar-refractivity contribution in [2.24, 2.45) is 0 Å². The van der Waals surface area contributed by atoms with Crippen LogP contribution in [0.15, 0.2) is 24.3 Å². The highest BCUT2D eigenvalue weighted by Crippen LogP contribution is 2.10. The first kappa shape index (κ1) is 13.4. The minimum atomic E-state index is -0.327. The lowest BCUT2D eigenvalue weighted by Gasteiger charge is -2.11. The number of hydrogen-bond donors (Lipinski definition) is 2. The maximum Gasteiger partial charge on any atom is 0.223 e. The molecule has 2 N–H and O–H groups in total. The standard InChI is InChI=1S/C12H16FNO3/c1-9(8-15)14-12(16)6-7-17-11-4-2-10(13)3-5-11/h2-5,9,15H,6-8H2,1H3,(H,14,16). The van der Waals surface area contributed by atoms with Crippen molar-refractivity contribution in [2.45, 2.75) is 19.4 Å². The number of rotatable bonds is 6. The van der Waals surface area contributed by atoms with Crippen molar-refractivity contribution in [3.05, 3.63) is 30.1 Å². The molecule has 1 aromatic carbocycles. The van der Waals surface area contributed by atoms with Gasteiger partial charge in [-0.1, -0.05) is 0 Å². The van der Waals surface area contributed by atoms with E-state index in [0.29, 0.717) is 5.75 Å². The number of hydrogen-bond acceptors (Lipinski definition) is 3. The smallest absolute Gasteiger partial charge is 0.223 e. The summed E-state index contributed by atoms with van der Waals surface area (Å²) in [5, 5.41) is 11.3. The number of carbonyl (C=O) groups is 1. The van der Waals surface area contributed by atoms with Gasteiger partial charge in [-0.25, -0.2) is 4.39 Å². The fraction of sp³-hybridized carbons (Fsp3) is 0.417. The Labute approximate surface area is 99.4 Å². The van der Waals surface area contributed by atoms with Crippen molar-refractivity contribution >= 4 is 5.91 Å². The van der Waals surface area contributed by atoms with E-state index < -0.39 is 0 Å². The molecule has 1 amide bonds. The lowest BCUT2D eigenvalue weighted by Crippen LogP contribution is -2.35. The second kappa shape index (κ2) is 6.85. The highest BCUT2D eigenvalue weighted by atomic mass is 19.1. The molecule has 0 aliphatic carbocycles. The number of amides is 1. The molecule has 0 aliphatic rings. The lowest BCUT2D eigenvalue weighted by molar-refractivity contribution is -0.122. The van der Waals surface area contributed by atoms with Crippen molar-refractivity contribution in [3.63, 3.8) is 0 Å². The quantitative estimate of drug-likeness (QED) is 0.784. The molecule has 5 heteroatoms. The summed E-state index contributed by atoms with van der Waals surface area (Å²) < 4.78 is 17.8. The van der Waals surface area contributed by atoms with Gasteiger partial charge in [0.2, 0.25) is 5.91 Å². The average Bonchev–Trinajstić information content (AvgIpc) is 2.31. The largest absolute Gasteiger partial charge is 0.493 e. The van der Waals surface area contributed by atoms with E-state index in [1.807, 2.05) is 0 Å². The zero-order valence-corrected chi connectivity index (χ0v) is 9.65. The van der Waals surface area contributed by atoms with Crippen molar-refractivity contribution in [2.75, 3.05) is 13.2 Å². The van der Waals surface area contributed by atoms with Crippen LogP contribution in [0.5, 0.6) is 5.75 Å². The molecule has 0 spiro atoms. The van der Waals surface area contributed by atoms with Gasteiger partial charge in [-0.3, -0.25) is 4.79 Å². The van der Waals surface area contributed by atoms with Crippen LogP contribution in [0, 0.1) is 5.82 Å². The third kappa shape index (κ3) is 5.31. The van der Waals surface area contributed by atoms with Gasteiger partial charge in [0.15, 0.2) is 0 Å². The zero-order chi connectivity index (χ0) is 12.7. The molecule has 4 nitrogen and oxygen atoms in total. The maximum atomic E-state index is 12.6. The van der Waals surface area contributed by atoms with Gasteiger partial charge in [0.05, 0.1) is 19.6 Å². The molecule has 0 bridgehead atoms. The summed E-state index contributed by atoms with van der Waals surface area (Å²) in [6, 6.07) is 5.34. The van der Waals surface area contributed by atoms with E-state index in [-0.39, 0.29) is 37.4 Å². The Morgan fingerprint density at radius 3 is 2.71 bits per heavy atom. The Morgan fingerprint density at radius 1 is 1.47 bits per heavy atom. The average molecular weight is 241 g/mol. The minimum absolute atomic E-state index is 0.0927. The molecule has 1 aromatic rings. The molecule has 94 valence electrons. The van der Waals surface area contributed by atoms with Crippen LogP contribution < -0.4 is 10.1 Å². The van der Waals surface area contributed by atoms with Crippen LogP contribution in [0.1, 0.15) is 13.3 Å². The first-order valence-corrected chi connectivity index (χ1v) is 5.40. The fourth-order valence-electron chi connectivity index (χ4n) is 1.19. The fourth-order valence-corrected chi connectivity index (χ4v) is 1.19. The summed E-state index contributed by atoms with van der Waals surface area (Å²) >= 11 is 0. The van der Waals surface area contributed by atoms with Crippen molar-refractivity contribution in [1.29, 1.82) is 0 Å². The third-order valence-electron chi connectivity index (χ3n) is 2.09. The van der Waals surface area contributed by atoms with Crippen molar-refractivity contribution in [3.8, 4) is 5.75 Å². The Hall–Kier alpha value is -1.62. The third-order valence-corrected chi connectivity index (χ3v) is 2.09. The Bertz CT molecular complexity index is 353. The molecule has 0 saturated heterocycles. The second-order valence-electron chi connectivity index (χ2n) is 3.70. The molecular weight excluding hydrogens is 225 g/mol. The van der Waals surface area contributed by atoms with Crippen LogP contribution >= 0.6 is 0 Å². The summed E-state index contributed by atoms with van der Waals surface area (Å²) in [4.78, 5) is 11.3. The van der Waals surface area contributed by atoms with E-state index in [0.717, 1.165) is 0 Å². The van der Waals surface area contributed by atoms with E-state index >= 15 is 0 Å². The van der Waals surface area contributed by atoms with Crippen LogP contribution in [0.3, 0.4) is 0 Å². The molecule has 1 unspecified atom stereocenters. The van der Waals surface area contributed by atoms with E-state index in [1.165, 1.54) is 24.3 Å². The molecule has 1 rings (SSSR count). The monoisotopic (exact) mass is 241 g/mol. The molecule has 0 aromatic heterocycles. The number of benzene rings is 1. The molecule has 0 aliphatic heterocycles. The van der Waals surface area contributed by atoms with Gasteiger partial charge in [0, 0.05) is 6.04 Å². The number of aliphatic hydroxyl groups is 1. The number of aliphatic hydroxyl groups excluding tert-OH is 1. The Morgan fingerprint density at radius 2 is 2.12 bits per heavy atom. The van der Waals surface area contributed by atoms with Crippen LogP contribution in [0.2, 0.25) is 0 Å². The maximum absolute atomic E-state index is 12.6. The van der Waals surface area contributed by atoms with E-state index in [1.54, 1.807) is 6.92 Å².